The topological polar surface area (TPSA) is 115 Å². The maximum absolute atomic E-state index is 13.6. The van der Waals surface area contributed by atoms with E-state index in [2.05, 4.69) is 15.6 Å². The Hall–Kier alpha value is -2.52. The molecular formula is C27H43N5O4. The minimum absolute atomic E-state index is 0.0653. The summed E-state index contributed by atoms with van der Waals surface area (Å²) in [6.45, 7) is 7.74. The van der Waals surface area contributed by atoms with Crippen LogP contribution in [0.2, 0.25) is 0 Å². The Labute approximate surface area is 215 Å². The quantitative estimate of drug-likeness (QED) is 0.244. The van der Waals surface area contributed by atoms with E-state index < -0.39 is 17.4 Å². The minimum atomic E-state index is -0.683. The van der Waals surface area contributed by atoms with Gasteiger partial charge in [-0.2, -0.15) is 0 Å². The highest BCUT2D eigenvalue weighted by Gasteiger charge is 2.38. The van der Waals surface area contributed by atoms with Crippen LogP contribution in [0.15, 0.2) is 24.4 Å². The molecule has 1 aliphatic carbocycles. The van der Waals surface area contributed by atoms with E-state index in [0.717, 1.165) is 44.2 Å². The number of hydrogen-bond donors (Lipinski definition) is 3. The lowest BCUT2D eigenvalue weighted by Crippen LogP contribution is -2.58. The first kappa shape index (κ1) is 28.1. The highest BCUT2D eigenvalue weighted by atomic mass is 16.5. The molecule has 1 saturated heterocycles. The first-order valence-electron chi connectivity index (χ1n) is 13.3. The van der Waals surface area contributed by atoms with E-state index in [9.17, 15) is 19.6 Å². The van der Waals surface area contributed by atoms with Crippen molar-refractivity contribution < 1.29 is 19.6 Å². The molecule has 1 saturated carbocycles. The summed E-state index contributed by atoms with van der Waals surface area (Å²) in [4.78, 5) is 44.1. The largest absolute Gasteiger partial charge is 0.344 e. The Morgan fingerprint density at radius 1 is 1.19 bits per heavy atom. The van der Waals surface area contributed by atoms with Crippen molar-refractivity contribution in [1.29, 1.82) is 0 Å². The van der Waals surface area contributed by atoms with Crippen molar-refractivity contribution in [3.8, 4) is 0 Å². The van der Waals surface area contributed by atoms with Crippen molar-refractivity contribution in [2.75, 3.05) is 19.6 Å². The highest BCUT2D eigenvalue weighted by molar-refractivity contribution is 5.89. The number of pyridine rings is 1. The second-order valence-corrected chi connectivity index (χ2v) is 11.4. The van der Waals surface area contributed by atoms with Crippen LogP contribution < -0.4 is 10.6 Å². The maximum atomic E-state index is 13.6. The molecule has 2 atom stereocenters. The van der Waals surface area contributed by atoms with Gasteiger partial charge in [-0.15, -0.1) is 0 Å². The molecular weight excluding hydrogens is 458 g/mol. The molecule has 9 heteroatoms. The monoisotopic (exact) mass is 501 g/mol. The summed E-state index contributed by atoms with van der Waals surface area (Å²) >= 11 is 0. The number of piperidine rings is 1. The lowest BCUT2D eigenvalue weighted by atomic mass is 9.84. The number of aromatic nitrogens is 1. The van der Waals surface area contributed by atoms with Gasteiger partial charge in [0.25, 0.3) is 0 Å². The van der Waals surface area contributed by atoms with E-state index in [4.69, 9.17) is 0 Å². The first-order chi connectivity index (χ1) is 17.2. The van der Waals surface area contributed by atoms with E-state index in [0.29, 0.717) is 49.5 Å². The lowest BCUT2D eigenvalue weighted by Gasteiger charge is -2.39. The summed E-state index contributed by atoms with van der Waals surface area (Å²) < 4.78 is 0. The van der Waals surface area contributed by atoms with Crippen molar-refractivity contribution in [2.45, 2.75) is 84.3 Å². The Bertz CT molecular complexity index is 845. The van der Waals surface area contributed by atoms with Gasteiger partial charge in [-0.25, -0.2) is 5.06 Å². The highest BCUT2D eigenvalue weighted by Crippen LogP contribution is 2.31. The van der Waals surface area contributed by atoms with Gasteiger partial charge in [-0.05, 0) is 42.7 Å². The second-order valence-electron chi connectivity index (χ2n) is 11.4. The van der Waals surface area contributed by atoms with Crippen LogP contribution in [0, 0.1) is 17.3 Å². The number of hydrogen-bond acceptors (Lipinski definition) is 6. The molecule has 2 heterocycles. The van der Waals surface area contributed by atoms with Crippen LogP contribution >= 0.6 is 0 Å². The van der Waals surface area contributed by atoms with Crippen LogP contribution in [-0.4, -0.2) is 70.1 Å². The number of amides is 3. The average molecular weight is 502 g/mol. The molecule has 3 N–H and O–H groups in total. The van der Waals surface area contributed by atoms with Crippen molar-refractivity contribution in [3.63, 3.8) is 0 Å². The fourth-order valence-electron chi connectivity index (χ4n) is 5.33. The van der Waals surface area contributed by atoms with E-state index in [1.807, 2.05) is 43.9 Å². The summed E-state index contributed by atoms with van der Waals surface area (Å²) in [5.41, 5.74) is 0.511. The van der Waals surface area contributed by atoms with Gasteiger partial charge in [0.05, 0.1) is 18.2 Å². The molecule has 0 aromatic carbocycles. The summed E-state index contributed by atoms with van der Waals surface area (Å²) in [5, 5.41) is 16.9. The molecule has 1 aromatic heterocycles. The van der Waals surface area contributed by atoms with Gasteiger partial charge in [0.2, 0.25) is 18.2 Å². The minimum Gasteiger partial charge on any atom is -0.344 e. The summed E-state index contributed by atoms with van der Waals surface area (Å²) in [7, 11) is 0. The van der Waals surface area contributed by atoms with Crippen LogP contribution in [0.5, 0.6) is 0 Å². The van der Waals surface area contributed by atoms with Gasteiger partial charge >= 0.3 is 0 Å². The molecule has 1 aromatic rings. The smallest absolute Gasteiger partial charge is 0.245 e. The maximum Gasteiger partial charge on any atom is 0.245 e. The number of rotatable bonds is 11. The Balaban J connectivity index is 1.58. The van der Waals surface area contributed by atoms with E-state index in [1.165, 1.54) is 0 Å². The summed E-state index contributed by atoms with van der Waals surface area (Å²) in [6.07, 6.45) is 8.80. The number of carbonyl (C=O) groups is 3. The van der Waals surface area contributed by atoms with Crippen LogP contribution in [0.3, 0.4) is 0 Å². The third-order valence-electron chi connectivity index (χ3n) is 7.50. The summed E-state index contributed by atoms with van der Waals surface area (Å²) in [6, 6.07) is 5.50. The molecule has 2 aliphatic rings. The fourth-order valence-corrected chi connectivity index (χ4v) is 5.33. The summed E-state index contributed by atoms with van der Waals surface area (Å²) in [5.74, 6) is -0.498. The molecule has 3 rings (SSSR count). The zero-order valence-electron chi connectivity index (χ0n) is 22.0. The molecule has 0 radical (unpaired) electrons. The Morgan fingerprint density at radius 3 is 2.47 bits per heavy atom. The molecule has 1 aliphatic heterocycles. The lowest BCUT2D eigenvalue weighted by molar-refractivity contribution is -0.156. The van der Waals surface area contributed by atoms with Gasteiger partial charge in [0.15, 0.2) is 0 Å². The van der Waals surface area contributed by atoms with Crippen molar-refractivity contribution in [1.82, 2.24) is 25.6 Å². The van der Waals surface area contributed by atoms with Crippen molar-refractivity contribution in [2.24, 2.45) is 17.3 Å². The molecule has 9 nitrogen and oxygen atoms in total. The SMILES string of the molecule is CC(C)(C)[C@@H](NC(=O)[C@@H](CC1CCCC1)CN(O)C=O)C(=O)N1CCC(NCc2ccccn2)CC1. The number of nitrogens with one attached hydrogen (secondary N) is 2. The Morgan fingerprint density at radius 2 is 1.89 bits per heavy atom. The predicted octanol–water partition coefficient (Wildman–Crippen LogP) is 2.74. The van der Waals surface area contributed by atoms with E-state index in [1.54, 1.807) is 6.20 Å². The van der Waals surface area contributed by atoms with Gasteiger partial charge in [-0.1, -0.05) is 52.5 Å². The van der Waals surface area contributed by atoms with E-state index >= 15 is 0 Å². The van der Waals surface area contributed by atoms with E-state index in [-0.39, 0.29) is 18.4 Å². The Kier molecular flexibility index (Phi) is 10.2. The fraction of sp³-hybridized carbons (Fsp3) is 0.704. The number of nitrogens with zero attached hydrogens (tertiary/aromatic N) is 3. The predicted molar refractivity (Wildman–Crippen MR) is 137 cm³/mol. The molecule has 0 bridgehead atoms. The van der Waals surface area contributed by atoms with Crippen molar-refractivity contribution in [3.05, 3.63) is 30.1 Å². The van der Waals surface area contributed by atoms with Crippen LogP contribution in [0.4, 0.5) is 0 Å². The molecule has 0 spiro atoms. The van der Waals surface area contributed by atoms with Gasteiger partial charge in [0.1, 0.15) is 6.04 Å². The second kappa shape index (κ2) is 13.1. The zero-order valence-corrected chi connectivity index (χ0v) is 22.0. The standard InChI is InChI=1S/C27H43N5O4/c1-27(2,3)24(30-25(34)21(18-32(36)19-33)16-20-8-4-5-9-20)26(35)31-14-11-22(12-15-31)29-17-23-10-6-7-13-28-23/h6-7,10,13,19-22,24,29,36H,4-5,8-9,11-12,14-18H2,1-3H3,(H,30,34)/t21-,24-/m0/s1. The van der Waals surface area contributed by atoms with Gasteiger partial charge in [-0.3, -0.25) is 24.6 Å². The molecule has 200 valence electrons. The third kappa shape index (κ3) is 8.27. The number of carbonyl (C=O) groups excluding carboxylic acids is 3. The van der Waals surface area contributed by atoms with Gasteiger partial charge < -0.3 is 15.5 Å². The van der Waals surface area contributed by atoms with Crippen LogP contribution in [0.25, 0.3) is 0 Å². The average Bonchev–Trinajstić information content (AvgIpc) is 3.38. The molecule has 36 heavy (non-hydrogen) atoms. The normalized spacial score (nSPS) is 19.1. The number of hydroxylamine groups is 2. The van der Waals surface area contributed by atoms with Crippen LogP contribution in [-0.2, 0) is 20.9 Å². The van der Waals surface area contributed by atoms with Crippen molar-refractivity contribution >= 4 is 18.2 Å². The molecule has 3 amide bonds. The number of likely N-dealkylation sites (tertiary alicyclic amines) is 1. The van der Waals surface area contributed by atoms with Crippen LogP contribution in [0.1, 0.15) is 71.4 Å². The first-order valence-corrected chi connectivity index (χ1v) is 13.3. The van der Waals surface area contributed by atoms with Gasteiger partial charge in [0, 0.05) is 31.9 Å². The molecule has 0 unspecified atom stereocenters. The molecule has 2 fully saturated rings. The zero-order chi connectivity index (χ0) is 26.1. The third-order valence-corrected chi connectivity index (χ3v) is 7.50.